The highest BCUT2D eigenvalue weighted by molar-refractivity contribution is 4.90. The summed E-state index contributed by atoms with van der Waals surface area (Å²) in [4.78, 5) is 2.45. The van der Waals surface area contributed by atoms with Crippen LogP contribution >= 0.6 is 0 Å². The summed E-state index contributed by atoms with van der Waals surface area (Å²) in [7, 11) is 0. The van der Waals surface area contributed by atoms with Crippen LogP contribution in [0.4, 0.5) is 0 Å². The minimum atomic E-state index is -0.424. The third-order valence-electron chi connectivity index (χ3n) is 4.01. The Balaban J connectivity index is 1.65. The van der Waals surface area contributed by atoms with Gasteiger partial charge in [-0.05, 0) is 33.1 Å². The fraction of sp³-hybridized carbons (Fsp3) is 1.00. The van der Waals surface area contributed by atoms with Gasteiger partial charge in [-0.2, -0.15) is 0 Å². The Morgan fingerprint density at radius 3 is 2.82 bits per heavy atom. The molecule has 2 aliphatic rings. The maximum Gasteiger partial charge on any atom is 0.0826 e. The molecule has 4 heteroatoms. The fourth-order valence-electron chi connectivity index (χ4n) is 2.56. The van der Waals surface area contributed by atoms with Gasteiger partial charge in [0.05, 0.1) is 18.3 Å². The van der Waals surface area contributed by atoms with E-state index in [0.29, 0.717) is 12.6 Å². The van der Waals surface area contributed by atoms with Crippen LogP contribution in [-0.2, 0) is 4.74 Å². The molecule has 1 aliphatic carbocycles. The van der Waals surface area contributed by atoms with Gasteiger partial charge in [-0.15, -0.1) is 0 Å². The van der Waals surface area contributed by atoms with Crippen molar-refractivity contribution in [3.63, 3.8) is 0 Å². The van der Waals surface area contributed by atoms with E-state index in [1.807, 2.05) is 0 Å². The lowest BCUT2D eigenvalue weighted by Crippen LogP contribution is -2.52. The SMILES string of the molecule is CC(C)N1CCOC(CNCC2(O)CCC2)C1. The number of nitrogens with one attached hydrogen (secondary N) is 1. The minimum Gasteiger partial charge on any atom is -0.389 e. The van der Waals surface area contributed by atoms with Crippen molar-refractivity contribution in [2.24, 2.45) is 0 Å². The van der Waals surface area contributed by atoms with E-state index in [1.165, 1.54) is 6.42 Å². The number of hydrogen-bond donors (Lipinski definition) is 2. The number of ether oxygens (including phenoxy) is 1. The van der Waals surface area contributed by atoms with Crippen LogP contribution in [0.15, 0.2) is 0 Å². The van der Waals surface area contributed by atoms with Gasteiger partial charge in [0, 0.05) is 32.2 Å². The quantitative estimate of drug-likeness (QED) is 0.741. The third-order valence-corrected chi connectivity index (χ3v) is 4.01. The standard InChI is InChI=1S/C13H26N2O2/c1-11(2)15-6-7-17-12(9-15)8-14-10-13(16)4-3-5-13/h11-12,14,16H,3-10H2,1-2H3. The monoisotopic (exact) mass is 242 g/mol. The predicted octanol–water partition coefficient (Wildman–Crippen LogP) is 0.600. The molecule has 4 nitrogen and oxygen atoms in total. The molecule has 0 aromatic carbocycles. The summed E-state index contributed by atoms with van der Waals surface area (Å²) in [5, 5.41) is 13.3. The van der Waals surface area contributed by atoms with E-state index in [1.54, 1.807) is 0 Å². The average molecular weight is 242 g/mol. The number of nitrogens with zero attached hydrogens (tertiary/aromatic N) is 1. The van der Waals surface area contributed by atoms with Crippen LogP contribution in [0.1, 0.15) is 33.1 Å². The third kappa shape index (κ3) is 3.65. The Morgan fingerprint density at radius 1 is 1.47 bits per heavy atom. The smallest absolute Gasteiger partial charge is 0.0826 e. The van der Waals surface area contributed by atoms with Crippen molar-refractivity contribution < 1.29 is 9.84 Å². The Hall–Kier alpha value is -0.160. The second kappa shape index (κ2) is 5.65. The first-order valence-corrected chi connectivity index (χ1v) is 6.88. The molecular weight excluding hydrogens is 216 g/mol. The maximum atomic E-state index is 9.97. The number of morpholine rings is 1. The molecule has 1 aliphatic heterocycles. The van der Waals surface area contributed by atoms with E-state index < -0.39 is 5.60 Å². The zero-order valence-corrected chi connectivity index (χ0v) is 11.1. The normalized spacial score (nSPS) is 29.3. The van der Waals surface area contributed by atoms with Crippen molar-refractivity contribution in [1.82, 2.24) is 10.2 Å². The highest BCUT2D eigenvalue weighted by Crippen LogP contribution is 2.30. The summed E-state index contributed by atoms with van der Waals surface area (Å²) in [5.74, 6) is 0. The summed E-state index contributed by atoms with van der Waals surface area (Å²) in [5.41, 5.74) is -0.424. The zero-order valence-electron chi connectivity index (χ0n) is 11.1. The van der Waals surface area contributed by atoms with Gasteiger partial charge in [-0.1, -0.05) is 0 Å². The number of hydrogen-bond acceptors (Lipinski definition) is 4. The summed E-state index contributed by atoms with van der Waals surface area (Å²) in [6.07, 6.45) is 3.34. The zero-order chi connectivity index (χ0) is 12.3. The summed E-state index contributed by atoms with van der Waals surface area (Å²) >= 11 is 0. The van der Waals surface area contributed by atoms with Crippen LogP contribution in [0.5, 0.6) is 0 Å². The van der Waals surface area contributed by atoms with Gasteiger partial charge in [-0.25, -0.2) is 0 Å². The van der Waals surface area contributed by atoms with Gasteiger partial charge < -0.3 is 15.2 Å². The van der Waals surface area contributed by atoms with Gasteiger partial charge in [0.1, 0.15) is 0 Å². The van der Waals surface area contributed by atoms with Gasteiger partial charge in [-0.3, -0.25) is 4.90 Å². The lowest BCUT2D eigenvalue weighted by Gasteiger charge is -2.38. The predicted molar refractivity (Wildman–Crippen MR) is 68.1 cm³/mol. The molecule has 1 atom stereocenters. The summed E-state index contributed by atoms with van der Waals surface area (Å²) in [6, 6.07) is 0.595. The average Bonchev–Trinajstić information content (AvgIpc) is 2.27. The Bertz CT molecular complexity index is 242. The van der Waals surface area contributed by atoms with Gasteiger partial charge in [0.15, 0.2) is 0 Å². The molecule has 2 fully saturated rings. The van der Waals surface area contributed by atoms with Gasteiger partial charge in [0.25, 0.3) is 0 Å². The summed E-state index contributed by atoms with van der Waals surface area (Å²) in [6.45, 7) is 8.90. The molecule has 1 saturated carbocycles. The molecule has 2 N–H and O–H groups in total. The van der Waals surface area contributed by atoms with Crippen LogP contribution in [0.25, 0.3) is 0 Å². The number of aliphatic hydroxyl groups is 1. The molecule has 0 aromatic rings. The van der Waals surface area contributed by atoms with Gasteiger partial charge in [0.2, 0.25) is 0 Å². The molecule has 0 amide bonds. The number of rotatable bonds is 5. The first kappa shape index (κ1) is 13.3. The van der Waals surface area contributed by atoms with Crippen LogP contribution in [0.2, 0.25) is 0 Å². The largest absolute Gasteiger partial charge is 0.389 e. The van der Waals surface area contributed by atoms with Crippen molar-refractivity contribution in [3.05, 3.63) is 0 Å². The van der Waals surface area contributed by atoms with Crippen molar-refractivity contribution in [2.45, 2.75) is 50.9 Å². The van der Waals surface area contributed by atoms with Crippen molar-refractivity contribution in [3.8, 4) is 0 Å². The van der Waals surface area contributed by atoms with Crippen molar-refractivity contribution >= 4 is 0 Å². The molecule has 17 heavy (non-hydrogen) atoms. The lowest BCUT2D eigenvalue weighted by atomic mass is 9.80. The minimum absolute atomic E-state index is 0.273. The Kier molecular flexibility index (Phi) is 4.42. The van der Waals surface area contributed by atoms with Crippen LogP contribution in [0.3, 0.4) is 0 Å². The van der Waals surface area contributed by atoms with Crippen molar-refractivity contribution in [2.75, 3.05) is 32.8 Å². The maximum absolute atomic E-state index is 9.97. The van der Waals surface area contributed by atoms with E-state index in [4.69, 9.17) is 4.74 Å². The summed E-state index contributed by atoms with van der Waals surface area (Å²) < 4.78 is 5.74. The molecule has 1 saturated heterocycles. The second-order valence-corrected chi connectivity index (χ2v) is 5.79. The van der Waals surface area contributed by atoms with E-state index in [9.17, 15) is 5.11 Å². The topological polar surface area (TPSA) is 44.7 Å². The first-order chi connectivity index (χ1) is 8.09. The van der Waals surface area contributed by atoms with E-state index >= 15 is 0 Å². The van der Waals surface area contributed by atoms with E-state index in [-0.39, 0.29) is 6.10 Å². The second-order valence-electron chi connectivity index (χ2n) is 5.79. The molecule has 0 aromatic heterocycles. The van der Waals surface area contributed by atoms with Crippen LogP contribution < -0.4 is 5.32 Å². The fourth-order valence-corrected chi connectivity index (χ4v) is 2.56. The molecule has 1 heterocycles. The highest BCUT2D eigenvalue weighted by atomic mass is 16.5. The highest BCUT2D eigenvalue weighted by Gasteiger charge is 2.34. The Labute approximate surface area is 104 Å². The van der Waals surface area contributed by atoms with Crippen LogP contribution in [0, 0.1) is 0 Å². The van der Waals surface area contributed by atoms with Crippen LogP contribution in [-0.4, -0.2) is 60.5 Å². The van der Waals surface area contributed by atoms with E-state index in [2.05, 4.69) is 24.1 Å². The van der Waals surface area contributed by atoms with E-state index in [0.717, 1.165) is 39.1 Å². The molecule has 0 radical (unpaired) electrons. The molecule has 0 bridgehead atoms. The molecular formula is C13H26N2O2. The Morgan fingerprint density at radius 2 is 2.24 bits per heavy atom. The lowest BCUT2D eigenvalue weighted by molar-refractivity contribution is -0.0510. The van der Waals surface area contributed by atoms with Crippen molar-refractivity contribution in [1.29, 1.82) is 0 Å². The first-order valence-electron chi connectivity index (χ1n) is 6.88. The van der Waals surface area contributed by atoms with Gasteiger partial charge >= 0.3 is 0 Å². The molecule has 1 unspecified atom stereocenters. The molecule has 100 valence electrons. The molecule has 0 spiro atoms. The molecule has 2 rings (SSSR count).